The van der Waals surface area contributed by atoms with Gasteiger partial charge in [-0.3, -0.25) is 4.79 Å². The number of rotatable bonds is 6. The third kappa shape index (κ3) is 4.09. The van der Waals surface area contributed by atoms with Gasteiger partial charge >= 0.3 is 0 Å². The highest BCUT2D eigenvalue weighted by Crippen LogP contribution is 2.64. The van der Waals surface area contributed by atoms with Crippen molar-refractivity contribution in [2.24, 2.45) is 33.7 Å². The molecule has 0 aliphatic heterocycles. The van der Waals surface area contributed by atoms with Gasteiger partial charge in [0.25, 0.3) is 0 Å². The number of hydrogen-bond acceptors (Lipinski definition) is 6. The Morgan fingerprint density at radius 2 is 1.94 bits per heavy atom. The molecule has 1 aromatic rings. The van der Waals surface area contributed by atoms with Crippen molar-refractivity contribution in [3.05, 3.63) is 29.5 Å². The molecular weight excluding hydrogens is 414 g/mol. The first kappa shape index (κ1) is 22.8. The van der Waals surface area contributed by atoms with Crippen LogP contribution in [0.2, 0.25) is 0 Å². The first-order valence-electron chi connectivity index (χ1n) is 12.8. The van der Waals surface area contributed by atoms with E-state index in [4.69, 9.17) is 9.25 Å². The van der Waals surface area contributed by atoms with Crippen LogP contribution in [0.15, 0.2) is 27.4 Å². The van der Waals surface area contributed by atoms with Crippen LogP contribution in [0, 0.1) is 28.6 Å². The van der Waals surface area contributed by atoms with E-state index in [1.54, 1.807) is 11.8 Å². The predicted molar refractivity (Wildman–Crippen MR) is 128 cm³/mol. The molecule has 5 rings (SSSR count). The van der Waals surface area contributed by atoms with Gasteiger partial charge < -0.3 is 14.2 Å². The number of allylic oxidation sites excluding steroid dienone is 2. The first-order chi connectivity index (χ1) is 15.8. The largest absolute Gasteiger partial charge is 0.444 e. The Morgan fingerprint density at radius 3 is 2.76 bits per heavy atom. The Hall–Kier alpha value is -1.95. The van der Waals surface area contributed by atoms with Gasteiger partial charge in [-0.25, -0.2) is 4.98 Å². The molecule has 0 aromatic carbocycles. The summed E-state index contributed by atoms with van der Waals surface area (Å²) in [6.07, 6.45) is 13.4. The fraction of sp³-hybridized carbons (Fsp3) is 0.741. The lowest BCUT2D eigenvalue weighted by molar-refractivity contribution is -0.132. The monoisotopic (exact) mass is 453 g/mol. The third-order valence-electron chi connectivity index (χ3n) is 9.35. The molecule has 1 heterocycles. The molecule has 33 heavy (non-hydrogen) atoms. The van der Waals surface area contributed by atoms with Gasteiger partial charge in [0.2, 0.25) is 0 Å². The number of ketones is 1. The molecule has 6 heteroatoms. The summed E-state index contributed by atoms with van der Waals surface area (Å²) >= 11 is 0. The number of oxime groups is 1. The average molecular weight is 454 g/mol. The van der Waals surface area contributed by atoms with E-state index >= 15 is 0 Å². The van der Waals surface area contributed by atoms with E-state index in [-0.39, 0.29) is 10.8 Å². The van der Waals surface area contributed by atoms with Crippen molar-refractivity contribution in [2.75, 3.05) is 20.7 Å². The van der Waals surface area contributed by atoms with Gasteiger partial charge in [0.05, 0.1) is 24.9 Å². The zero-order chi connectivity index (χ0) is 23.2. The number of nitrogens with zero attached hydrogens (tertiary/aromatic N) is 3. The molecule has 6 nitrogen and oxygen atoms in total. The number of oxazole rings is 1. The summed E-state index contributed by atoms with van der Waals surface area (Å²) in [5, 5.41) is 4.47. The molecule has 0 spiro atoms. The van der Waals surface area contributed by atoms with Crippen LogP contribution < -0.4 is 0 Å². The van der Waals surface area contributed by atoms with Crippen molar-refractivity contribution in [1.29, 1.82) is 0 Å². The summed E-state index contributed by atoms with van der Waals surface area (Å²) in [6.45, 7) is 5.98. The highest BCUT2D eigenvalue weighted by atomic mass is 16.6. The number of Topliss-reactive ketones (excluding diaryl/α,β-unsaturated/α-hetero) is 1. The van der Waals surface area contributed by atoms with Gasteiger partial charge in [-0.15, -0.1) is 0 Å². The van der Waals surface area contributed by atoms with Crippen LogP contribution in [-0.2, 0) is 22.6 Å². The van der Waals surface area contributed by atoms with E-state index in [9.17, 15) is 4.79 Å². The molecule has 3 unspecified atom stereocenters. The topological polar surface area (TPSA) is 67.9 Å². The second kappa shape index (κ2) is 8.68. The van der Waals surface area contributed by atoms with Crippen LogP contribution in [-0.4, -0.2) is 42.1 Å². The summed E-state index contributed by atoms with van der Waals surface area (Å²) < 4.78 is 5.75. The molecule has 5 atom stereocenters. The molecule has 0 radical (unpaired) electrons. The highest BCUT2D eigenvalue weighted by Gasteiger charge is 2.58. The zero-order valence-corrected chi connectivity index (χ0v) is 20.7. The molecule has 1 aromatic heterocycles. The minimum Gasteiger partial charge on any atom is -0.444 e. The van der Waals surface area contributed by atoms with Gasteiger partial charge in [0.1, 0.15) is 18.2 Å². The number of carbonyl (C=O) groups excluding carboxylic acids is 1. The highest BCUT2D eigenvalue weighted by molar-refractivity contribution is 5.96. The Kier molecular flexibility index (Phi) is 6.00. The smallest absolute Gasteiger partial charge is 0.197 e. The van der Waals surface area contributed by atoms with E-state index in [0.29, 0.717) is 42.5 Å². The molecule has 3 saturated carbocycles. The minimum absolute atomic E-state index is 0.0378. The van der Waals surface area contributed by atoms with E-state index in [1.165, 1.54) is 12.8 Å². The van der Waals surface area contributed by atoms with Crippen molar-refractivity contribution in [2.45, 2.75) is 78.2 Å². The molecule has 4 aliphatic carbocycles. The van der Waals surface area contributed by atoms with E-state index < -0.39 is 0 Å². The lowest BCUT2D eigenvalue weighted by Crippen LogP contribution is -2.50. The molecule has 0 bridgehead atoms. The maximum atomic E-state index is 12.6. The minimum atomic E-state index is -0.0378. The number of aromatic nitrogens is 1. The molecule has 0 N–H and O–H groups in total. The van der Waals surface area contributed by atoms with Crippen molar-refractivity contribution < 1.29 is 14.0 Å². The van der Waals surface area contributed by atoms with Gasteiger partial charge in [0, 0.05) is 11.8 Å². The van der Waals surface area contributed by atoms with Gasteiger partial charge in [-0.2, -0.15) is 0 Å². The number of hydrogen-bond donors (Lipinski definition) is 0. The first-order valence-corrected chi connectivity index (χ1v) is 12.8. The maximum absolute atomic E-state index is 12.6. The Labute approximate surface area is 197 Å². The molecule has 0 saturated heterocycles. The van der Waals surface area contributed by atoms with Crippen molar-refractivity contribution in [3.8, 4) is 0 Å². The molecule has 3 fully saturated rings. The van der Waals surface area contributed by atoms with Crippen molar-refractivity contribution in [3.63, 3.8) is 0 Å². The van der Waals surface area contributed by atoms with Gasteiger partial charge in [-0.05, 0) is 88.3 Å². The number of carbonyl (C=O) groups is 1. The Balaban J connectivity index is 1.20. The zero-order valence-electron chi connectivity index (χ0n) is 20.7. The summed E-state index contributed by atoms with van der Waals surface area (Å²) in [5.41, 5.74) is 2.85. The Bertz CT molecular complexity index is 964. The lowest BCUT2D eigenvalue weighted by atomic mass is 9.47. The standard InChI is InChI=1S/C27H39N3O3/c1-26-12-9-19(29-32-14-11-25-28-16-20(33-25)17-30(3)4)15-18(26)5-6-21-22-7-8-24(31)27(22,2)13-10-23(21)26/h15-16,21-23H,5-14,17H2,1-4H3/b29-19+/t21?,22?,23?,26-,27-/m0/s1. The van der Waals surface area contributed by atoms with Gasteiger partial charge in [0.15, 0.2) is 5.89 Å². The normalized spacial score (nSPS) is 37.0. The second-order valence-electron chi connectivity index (χ2n) is 11.5. The molecule has 180 valence electrons. The van der Waals surface area contributed by atoms with Crippen molar-refractivity contribution >= 4 is 11.5 Å². The predicted octanol–water partition coefficient (Wildman–Crippen LogP) is 5.18. The maximum Gasteiger partial charge on any atom is 0.197 e. The van der Waals surface area contributed by atoms with Crippen LogP contribution in [0.3, 0.4) is 0 Å². The third-order valence-corrected chi connectivity index (χ3v) is 9.35. The van der Waals surface area contributed by atoms with E-state index in [0.717, 1.165) is 56.5 Å². The fourth-order valence-electron chi connectivity index (χ4n) is 7.52. The Morgan fingerprint density at radius 1 is 1.12 bits per heavy atom. The summed E-state index contributed by atoms with van der Waals surface area (Å²) in [6, 6.07) is 0. The lowest BCUT2D eigenvalue weighted by Gasteiger charge is -2.57. The van der Waals surface area contributed by atoms with Crippen LogP contribution in [0.1, 0.15) is 76.9 Å². The van der Waals surface area contributed by atoms with E-state index in [2.05, 4.69) is 35.0 Å². The molecular formula is C27H39N3O3. The van der Waals surface area contributed by atoms with Gasteiger partial charge in [-0.1, -0.05) is 24.6 Å². The van der Waals surface area contributed by atoms with Crippen molar-refractivity contribution in [1.82, 2.24) is 9.88 Å². The average Bonchev–Trinajstić information content (AvgIpc) is 3.34. The quantitative estimate of drug-likeness (QED) is 0.438. The van der Waals surface area contributed by atoms with Crippen LogP contribution in [0.4, 0.5) is 0 Å². The fourth-order valence-corrected chi connectivity index (χ4v) is 7.52. The molecule has 4 aliphatic rings. The summed E-state index contributed by atoms with van der Waals surface area (Å²) in [4.78, 5) is 24.7. The molecule has 0 amide bonds. The van der Waals surface area contributed by atoms with E-state index in [1.807, 2.05) is 14.1 Å². The number of fused-ring (bicyclic) bond motifs is 5. The van der Waals surface area contributed by atoms with Crippen LogP contribution >= 0.6 is 0 Å². The summed E-state index contributed by atoms with van der Waals surface area (Å²) in [5.74, 6) is 4.14. The summed E-state index contributed by atoms with van der Waals surface area (Å²) in [7, 11) is 4.02. The SMILES string of the molecule is CN(C)Cc1cnc(CCO/N=C2/C=C3CCC4C(CC[C@]5(C)C(=O)CCC45)[C@@]3(C)CC2)o1. The van der Waals surface area contributed by atoms with Crippen LogP contribution in [0.5, 0.6) is 0 Å². The second-order valence-corrected chi connectivity index (χ2v) is 11.5. The van der Waals surface area contributed by atoms with Crippen LogP contribution in [0.25, 0.3) is 0 Å².